The molecule has 25 heavy (non-hydrogen) atoms. The van der Waals surface area contributed by atoms with Crippen molar-refractivity contribution < 1.29 is 0 Å². The van der Waals surface area contributed by atoms with Crippen molar-refractivity contribution in [2.45, 2.75) is 6.54 Å². The maximum Gasteiger partial charge on any atom is 0.188 e. The molecule has 4 rings (SSSR count). The van der Waals surface area contributed by atoms with Crippen LogP contribution < -0.4 is 5.32 Å². The third kappa shape index (κ3) is 3.84. The first-order chi connectivity index (χ1) is 12.3. The summed E-state index contributed by atoms with van der Waals surface area (Å²) in [5.41, 5.74) is 1.06. The molecule has 0 aliphatic rings. The monoisotopic (exact) mass is 385 g/mol. The average Bonchev–Trinajstić information content (AvgIpc) is 3.30. The van der Waals surface area contributed by atoms with Crippen molar-refractivity contribution in [3.05, 3.63) is 64.3 Å². The smallest absolute Gasteiger partial charge is 0.188 e. The van der Waals surface area contributed by atoms with Crippen LogP contribution in [-0.4, -0.2) is 19.9 Å². The predicted molar refractivity (Wildman–Crippen MR) is 103 cm³/mol. The van der Waals surface area contributed by atoms with Crippen LogP contribution in [0.2, 0.25) is 4.34 Å². The van der Waals surface area contributed by atoms with Crippen molar-refractivity contribution in [2.24, 2.45) is 0 Å². The third-order valence-electron chi connectivity index (χ3n) is 3.38. The molecular weight excluding hydrogens is 374 g/mol. The lowest BCUT2D eigenvalue weighted by Crippen LogP contribution is -1.99. The van der Waals surface area contributed by atoms with Crippen LogP contribution in [0.4, 0.5) is 5.82 Å². The van der Waals surface area contributed by atoms with E-state index >= 15 is 0 Å². The Labute approximate surface area is 157 Å². The fourth-order valence-electron chi connectivity index (χ4n) is 2.19. The van der Waals surface area contributed by atoms with Gasteiger partial charge in [-0.3, -0.25) is 0 Å². The Morgan fingerprint density at radius 1 is 0.920 bits per heavy atom. The molecule has 8 heteroatoms. The van der Waals surface area contributed by atoms with Crippen LogP contribution in [-0.2, 0) is 6.54 Å². The molecule has 0 fully saturated rings. The van der Waals surface area contributed by atoms with E-state index in [0.717, 1.165) is 30.5 Å². The van der Waals surface area contributed by atoms with Crippen molar-refractivity contribution in [3.63, 3.8) is 0 Å². The second-order valence-corrected chi connectivity index (χ2v) is 7.92. The first-order valence-corrected chi connectivity index (χ1v) is 9.47. The minimum Gasteiger partial charge on any atom is -0.365 e. The van der Waals surface area contributed by atoms with Crippen molar-refractivity contribution in [2.75, 3.05) is 5.32 Å². The van der Waals surface area contributed by atoms with Gasteiger partial charge in [0.1, 0.15) is 5.82 Å². The van der Waals surface area contributed by atoms with Crippen molar-refractivity contribution in [1.29, 1.82) is 0 Å². The zero-order valence-corrected chi connectivity index (χ0v) is 15.3. The summed E-state index contributed by atoms with van der Waals surface area (Å²) in [7, 11) is 0. The molecule has 124 valence electrons. The van der Waals surface area contributed by atoms with E-state index in [1.807, 2.05) is 36.7 Å². The molecule has 4 aromatic rings. The van der Waals surface area contributed by atoms with Crippen LogP contribution in [0, 0.1) is 0 Å². The Morgan fingerprint density at radius 3 is 2.52 bits per heavy atom. The number of pyridine rings is 1. The minimum absolute atomic E-state index is 0.649. The fourth-order valence-corrected chi connectivity index (χ4v) is 4.03. The van der Waals surface area contributed by atoms with E-state index in [1.165, 1.54) is 0 Å². The van der Waals surface area contributed by atoms with Gasteiger partial charge < -0.3 is 5.32 Å². The van der Waals surface area contributed by atoms with Crippen LogP contribution in [0.15, 0.2) is 55.1 Å². The Balaban J connectivity index is 1.41. The summed E-state index contributed by atoms with van der Waals surface area (Å²) >= 11 is 9.09. The van der Waals surface area contributed by atoms with Gasteiger partial charge >= 0.3 is 0 Å². The summed E-state index contributed by atoms with van der Waals surface area (Å²) in [6, 6.07) is 9.69. The topological polar surface area (TPSA) is 63.6 Å². The average molecular weight is 386 g/mol. The summed E-state index contributed by atoms with van der Waals surface area (Å²) < 4.78 is 0.778. The predicted octanol–water partition coefficient (Wildman–Crippen LogP) is 4.99. The quantitative estimate of drug-likeness (QED) is 0.524. The molecular formula is C17H12ClN5S2. The van der Waals surface area contributed by atoms with Crippen LogP contribution in [0.5, 0.6) is 0 Å². The van der Waals surface area contributed by atoms with Crippen LogP contribution >= 0.6 is 34.3 Å². The molecule has 0 spiro atoms. The van der Waals surface area contributed by atoms with Crippen LogP contribution in [0.3, 0.4) is 0 Å². The highest BCUT2D eigenvalue weighted by molar-refractivity contribution is 7.19. The van der Waals surface area contributed by atoms with E-state index in [4.69, 9.17) is 11.6 Å². The number of nitrogens with one attached hydrogen (secondary N) is 1. The molecule has 5 nitrogen and oxygen atoms in total. The lowest BCUT2D eigenvalue weighted by molar-refractivity contribution is 1.13. The number of aromatic nitrogens is 4. The van der Waals surface area contributed by atoms with Gasteiger partial charge in [-0.05, 0) is 30.3 Å². The molecule has 0 aliphatic carbocycles. The molecule has 0 saturated carbocycles. The third-order valence-corrected chi connectivity index (χ3v) is 5.65. The lowest BCUT2D eigenvalue weighted by atomic mass is 10.2. The highest BCUT2D eigenvalue weighted by Gasteiger charge is 2.07. The normalized spacial score (nSPS) is 10.8. The Kier molecular flexibility index (Phi) is 4.69. The standard InChI is InChI=1S/C17H12ClN5S2/c18-14-4-3-13(25-14)11-2-5-15(21-8-11)22-9-12-10-23-17(24-12)16-19-6-1-7-20-16/h1-8,10H,9H2,(H,21,22). The van der Waals surface area contributed by atoms with Gasteiger partial charge in [0, 0.05) is 40.1 Å². The maximum absolute atomic E-state index is 5.98. The van der Waals surface area contributed by atoms with Gasteiger partial charge in [0.2, 0.25) is 0 Å². The van der Waals surface area contributed by atoms with Gasteiger partial charge in [-0.1, -0.05) is 11.6 Å². The molecule has 0 unspecified atom stereocenters. The highest BCUT2D eigenvalue weighted by Crippen LogP contribution is 2.31. The molecule has 0 atom stereocenters. The van der Waals surface area contributed by atoms with E-state index in [-0.39, 0.29) is 0 Å². The summed E-state index contributed by atoms with van der Waals surface area (Å²) in [4.78, 5) is 19.5. The molecule has 0 aliphatic heterocycles. The van der Waals surface area contributed by atoms with E-state index in [9.17, 15) is 0 Å². The molecule has 0 saturated heterocycles. The number of nitrogens with zero attached hydrogens (tertiary/aromatic N) is 4. The first kappa shape index (κ1) is 16.1. The Hall–Kier alpha value is -2.35. The maximum atomic E-state index is 5.98. The molecule has 0 aromatic carbocycles. The number of rotatable bonds is 5. The summed E-state index contributed by atoms with van der Waals surface area (Å²) in [6.07, 6.45) is 7.12. The van der Waals surface area contributed by atoms with Gasteiger partial charge in [0.05, 0.1) is 10.9 Å². The van der Waals surface area contributed by atoms with Crippen LogP contribution in [0.25, 0.3) is 21.3 Å². The zero-order chi connectivity index (χ0) is 17.1. The van der Waals surface area contributed by atoms with Gasteiger partial charge in [0.25, 0.3) is 0 Å². The number of hydrogen-bond acceptors (Lipinski definition) is 7. The first-order valence-electron chi connectivity index (χ1n) is 7.46. The summed E-state index contributed by atoms with van der Waals surface area (Å²) in [5.74, 6) is 1.47. The number of anilines is 1. The minimum atomic E-state index is 0.649. The van der Waals surface area contributed by atoms with E-state index in [1.54, 1.807) is 41.1 Å². The largest absolute Gasteiger partial charge is 0.365 e. The Morgan fingerprint density at radius 2 is 1.80 bits per heavy atom. The van der Waals surface area contributed by atoms with E-state index < -0.39 is 0 Å². The lowest BCUT2D eigenvalue weighted by Gasteiger charge is -2.04. The number of thiophene rings is 1. The summed E-state index contributed by atoms with van der Waals surface area (Å²) in [5, 5.41) is 4.12. The summed E-state index contributed by atoms with van der Waals surface area (Å²) in [6.45, 7) is 0.654. The molecule has 4 heterocycles. The molecule has 4 aromatic heterocycles. The molecule has 0 amide bonds. The fraction of sp³-hybridized carbons (Fsp3) is 0.0588. The van der Waals surface area contributed by atoms with Gasteiger partial charge in [-0.25, -0.2) is 19.9 Å². The zero-order valence-electron chi connectivity index (χ0n) is 12.9. The highest BCUT2D eigenvalue weighted by atomic mass is 35.5. The second kappa shape index (κ2) is 7.26. The van der Waals surface area contributed by atoms with Crippen molar-refractivity contribution >= 4 is 40.1 Å². The van der Waals surface area contributed by atoms with Crippen LogP contribution in [0.1, 0.15) is 4.88 Å². The SMILES string of the molecule is Clc1ccc(-c2ccc(NCc3cnc(-c4ncccn4)s3)nc2)s1. The molecule has 1 N–H and O–H groups in total. The second-order valence-electron chi connectivity index (χ2n) is 5.09. The number of hydrogen-bond donors (Lipinski definition) is 1. The van der Waals surface area contributed by atoms with E-state index in [0.29, 0.717) is 12.4 Å². The Bertz CT molecular complexity index is 966. The molecule has 0 radical (unpaired) electrons. The molecule has 0 bridgehead atoms. The van der Waals surface area contributed by atoms with Crippen molar-refractivity contribution in [3.8, 4) is 21.3 Å². The van der Waals surface area contributed by atoms with E-state index in [2.05, 4.69) is 25.3 Å². The number of halogens is 1. The van der Waals surface area contributed by atoms with Gasteiger partial charge in [-0.15, -0.1) is 22.7 Å². The van der Waals surface area contributed by atoms with Gasteiger partial charge in [-0.2, -0.15) is 0 Å². The van der Waals surface area contributed by atoms with Gasteiger partial charge in [0.15, 0.2) is 10.8 Å². The van der Waals surface area contributed by atoms with Crippen molar-refractivity contribution in [1.82, 2.24) is 19.9 Å². The number of thiazole rings is 1.